The number of likely N-dealkylation sites (N-methyl/N-ethyl adjacent to an activating group) is 1. The Bertz CT molecular complexity index is 311. The van der Waals surface area contributed by atoms with Crippen molar-refractivity contribution in [3.63, 3.8) is 0 Å². The van der Waals surface area contributed by atoms with E-state index in [1.54, 1.807) is 6.26 Å². The number of furan rings is 1. The summed E-state index contributed by atoms with van der Waals surface area (Å²) in [5.41, 5.74) is 0.124. The van der Waals surface area contributed by atoms with Gasteiger partial charge in [-0.2, -0.15) is 0 Å². The zero-order valence-electron chi connectivity index (χ0n) is 10.9. The number of rotatable bonds is 7. The SMILES string of the molecule is CCNC(Cc1ccco1)CC1(OC)CCC1. The highest BCUT2D eigenvalue weighted by molar-refractivity contribution is 5.02. The molecule has 1 unspecified atom stereocenters. The lowest BCUT2D eigenvalue weighted by Crippen LogP contribution is -2.46. The van der Waals surface area contributed by atoms with E-state index in [1.807, 2.05) is 19.2 Å². The zero-order chi connectivity index (χ0) is 12.1. The summed E-state index contributed by atoms with van der Waals surface area (Å²) in [5, 5.41) is 3.54. The van der Waals surface area contributed by atoms with Crippen molar-refractivity contribution in [3.05, 3.63) is 24.2 Å². The van der Waals surface area contributed by atoms with E-state index < -0.39 is 0 Å². The molecule has 17 heavy (non-hydrogen) atoms. The van der Waals surface area contributed by atoms with Gasteiger partial charge in [0.05, 0.1) is 11.9 Å². The maximum absolute atomic E-state index is 5.70. The van der Waals surface area contributed by atoms with Gasteiger partial charge in [0.25, 0.3) is 0 Å². The molecule has 2 rings (SSSR count). The summed E-state index contributed by atoms with van der Waals surface area (Å²) in [7, 11) is 1.84. The Morgan fingerprint density at radius 3 is 2.82 bits per heavy atom. The normalized spacial score (nSPS) is 19.9. The summed E-state index contributed by atoms with van der Waals surface area (Å²) in [6.07, 6.45) is 7.47. The van der Waals surface area contributed by atoms with Crippen LogP contribution in [0.2, 0.25) is 0 Å². The quantitative estimate of drug-likeness (QED) is 0.792. The van der Waals surface area contributed by atoms with E-state index in [1.165, 1.54) is 19.3 Å². The van der Waals surface area contributed by atoms with Gasteiger partial charge in [0.1, 0.15) is 5.76 Å². The van der Waals surface area contributed by atoms with Gasteiger partial charge in [-0.05, 0) is 44.4 Å². The molecule has 1 N–H and O–H groups in total. The zero-order valence-corrected chi connectivity index (χ0v) is 10.9. The van der Waals surface area contributed by atoms with Crippen LogP contribution in [0.5, 0.6) is 0 Å². The monoisotopic (exact) mass is 237 g/mol. The van der Waals surface area contributed by atoms with Crippen LogP contribution >= 0.6 is 0 Å². The molecular formula is C14H23NO2. The highest BCUT2D eigenvalue weighted by Crippen LogP contribution is 2.39. The molecule has 1 aromatic heterocycles. The third-order valence-electron chi connectivity index (χ3n) is 3.84. The summed E-state index contributed by atoms with van der Waals surface area (Å²) >= 11 is 0. The van der Waals surface area contributed by atoms with Crippen molar-refractivity contribution in [1.29, 1.82) is 0 Å². The molecule has 3 nitrogen and oxygen atoms in total. The second-order valence-corrected chi connectivity index (χ2v) is 4.98. The fourth-order valence-corrected chi connectivity index (χ4v) is 2.69. The van der Waals surface area contributed by atoms with Crippen molar-refractivity contribution in [3.8, 4) is 0 Å². The molecule has 0 aliphatic heterocycles. The van der Waals surface area contributed by atoms with Crippen LogP contribution in [0.25, 0.3) is 0 Å². The maximum Gasteiger partial charge on any atom is 0.105 e. The van der Waals surface area contributed by atoms with Crippen LogP contribution in [-0.2, 0) is 11.2 Å². The van der Waals surface area contributed by atoms with Gasteiger partial charge in [-0.25, -0.2) is 0 Å². The van der Waals surface area contributed by atoms with Crippen molar-refractivity contribution in [2.45, 2.75) is 50.7 Å². The molecular weight excluding hydrogens is 214 g/mol. The van der Waals surface area contributed by atoms with Crippen molar-refractivity contribution < 1.29 is 9.15 Å². The van der Waals surface area contributed by atoms with Crippen molar-refractivity contribution in [2.75, 3.05) is 13.7 Å². The van der Waals surface area contributed by atoms with Crippen LogP contribution < -0.4 is 5.32 Å². The standard InChI is InChI=1S/C14H23NO2/c1-3-15-12(10-13-6-4-9-17-13)11-14(16-2)7-5-8-14/h4,6,9,12,15H,3,5,7-8,10-11H2,1-2H3. The van der Waals surface area contributed by atoms with Crippen LogP contribution in [0.3, 0.4) is 0 Å². The predicted octanol–water partition coefficient (Wildman–Crippen LogP) is 2.76. The van der Waals surface area contributed by atoms with E-state index in [0.29, 0.717) is 6.04 Å². The van der Waals surface area contributed by atoms with Crippen LogP contribution in [0.4, 0.5) is 0 Å². The van der Waals surface area contributed by atoms with Gasteiger partial charge in [0.2, 0.25) is 0 Å². The van der Waals surface area contributed by atoms with Gasteiger partial charge in [-0.15, -0.1) is 0 Å². The lowest BCUT2D eigenvalue weighted by molar-refractivity contribution is -0.0835. The molecule has 0 aromatic carbocycles. The lowest BCUT2D eigenvalue weighted by atomic mass is 9.75. The second kappa shape index (κ2) is 5.69. The molecule has 1 aromatic rings. The first-order valence-electron chi connectivity index (χ1n) is 6.59. The average molecular weight is 237 g/mol. The van der Waals surface area contributed by atoms with E-state index in [4.69, 9.17) is 9.15 Å². The molecule has 0 spiro atoms. The highest BCUT2D eigenvalue weighted by Gasteiger charge is 2.38. The summed E-state index contributed by atoms with van der Waals surface area (Å²) in [5.74, 6) is 1.06. The molecule has 0 amide bonds. The molecule has 0 saturated heterocycles. The van der Waals surface area contributed by atoms with E-state index in [0.717, 1.165) is 25.1 Å². The highest BCUT2D eigenvalue weighted by atomic mass is 16.5. The minimum atomic E-state index is 0.124. The fraction of sp³-hybridized carbons (Fsp3) is 0.714. The minimum Gasteiger partial charge on any atom is -0.469 e. The molecule has 1 atom stereocenters. The van der Waals surface area contributed by atoms with Crippen LogP contribution in [-0.4, -0.2) is 25.3 Å². The predicted molar refractivity (Wildman–Crippen MR) is 68.1 cm³/mol. The third-order valence-corrected chi connectivity index (χ3v) is 3.84. The summed E-state index contributed by atoms with van der Waals surface area (Å²) in [6.45, 7) is 3.14. The molecule has 0 bridgehead atoms. The topological polar surface area (TPSA) is 34.4 Å². The second-order valence-electron chi connectivity index (χ2n) is 4.98. The van der Waals surface area contributed by atoms with Crippen LogP contribution in [0.1, 0.15) is 38.4 Å². The average Bonchev–Trinajstić information content (AvgIpc) is 2.76. The molecule has 3 heteroatoms. The lowest BCUT2D eigenvalue weighted by Gasteiger charge is -2.43. The Morgan fingerprint density at radius 2 is 2.35 bits per heavy atom. The Kier molecular flexibility index (Phi) is 4.24. The number of nitrogens with one attached hydrogen (secondary N) is 1. The van der Waals surface area contributed by atoms with Crippen molar-refractivity contribution in [1.82, 2.24) is 5.32 Å². The molecule has 96 valence electrons. The summed E-state index contributed by atoms with van der Waals surface area (Å²) in [6, 6.07) is 4.45. The van der Waals surface area contributed by atoms with Gasteiger partial charge < -0.3 is 14.5 Å². The van der Waals surface area contributed by atoms with Gasteiger partial charge in [-0.1, -0.05) is 6.92 Å². The van der Waals surface area contributed by atoms with Crippen molar-refractivity contribution in [2.24, 2.45) is 0 Å². The Hall–Kier alpha value is -0.800. The first-order valence-corrected chi connectivity index (χ1v) is 6.59. The van der Waals surface area contributed by atoms with Gasteiger partial charge in [0, 0.05) is 19.6 Å². The fourth-order valence-electron chi connectivity index (χ4n) is 2.69. The van der Waals surface area contributed by atoms with Crippen molar-refractivity contribution >= 4 is 0 Å². The van der Waals surface area contributed by atoms with E-state index in [2.05, 4.69) is 12.2 Å². The van der Waals surface area contributed by atoms with E-state index in [9.17, 15) is 0 Å². The number of hydrogen-bond donors (Lipinski definition) is 1. The molecule has 1 fully saturated rings. The molecule has 1 saturated carbocycles. The first kappa shape index (κ1) is 12.7. The third kappa shape index (κ3) is 3.11. The molecule has 1 aliphatic rings. The van der Waals surface area contributed by atoms with E-state index >= 15 is 0 Å². The first-order chi connectivity index (χ1) is 8.28. The number of ether oxygens (including phenoxy) is 1. The van der Waals surface area contributed by atoms with Crippen LogP contribution in [0.15, 0.2) is 22.8 Å². The Labute approximate surface area is 104 Å². The molecule has 1 aliphatic carbocycles. The van der Waals surface area contributed by atoms with Gasteiger partial charge in [-0.3, -0.25) is 0 Å². The largest absolute Gasteiger partial charge is 0.469 e. The Morgan fingerprint density at radius 1 is 1.53 bits per heavy atom. The summed E-state index contributed by atoms with van der Waals surface area (Å²) in [4.78, 5) is 0. The molecule has 1 heterocycles. The van der Waals surface area contributed by atoms with Gasteiger partial charge in [0.15, 0.2) is 0 Å². The number of methoxy groups -OCH3 is 1. The van der Waals surface area contributed by atoms with Gasteiger partial charge >= 0.3 is 0 Å². The molecule has 0 radical (unpaired) electrons. The maximum atomic E-state index is 5.70. The number of hydrogen-bond acceptors (Lipinski definition) is 3. The summed E-state index contributed by atoms with van der Waals surface area (Å²) < 4.78 is 11.1. The van der Waals surface area contributed by atoms with Crippen LogP contribution in [0, 0.1) is 0 Å². The minimum absolute atomic E-state index is 0.124. The Balaban J connectivity index is 1.92. The van der Waals surface area contributed by atoms with E-state index in [-0.39, 0.29) is 5.60 Å². The smallest absolute Gasteiger partial charge is 0.105 e.